The molecule has 0 unspecified atom stereocenters. The van der Waals surface area contributed by atoms with Gasteiger partial charge in [-0.15, -0.1) is 0 Å². The van der Waals surface area contributed by atoms with Crippen molar-refractivity contribution in [1.29, 1.82) is 0 Å². The molecule has 2 heterocycles. The van der Waals surface area contributed by atoms with Crippen LogP contribution in [0.4, 0.5) is 4.39 Å². The Labute approximate surface area is 189 Å². The van der Waals surface area contributed by atoms with Gasteiger partial charge in [-0.25, -0.2) is 4.39 Å². The Hall–Kier alpha value is -2.73. The Bertz CT molecular complexity index is 954. The molecule has 6 heteroatoms. The third-order valence-electron chi connectivity index (χ3n) is 6.81. The highest BCUT2D eigenvalue weighted by Crippen LogP contribution is 2.32. The fourth-order valence-corrected chi connectivity index (χ4v) is 4.79. The predicted octanol–water partition coefficient (Wildman–Crippen LogP) is 3.86. The summed E-state index contributed by atoms with van der Waals surface area (Å²) in [6.07, 6.45) is 2.86. The van der Waals surface area contributed by atoms with Gasteiger partial charge in [-0.3, -0.25) is 14.5 Å². The lowest BCUT2D eigenvalue weighted by Gasteiger charge is -2.40. The lowest BCUT2D eigenvalue weighted by molar-refractivity contribution is -0.140. The van der Waals surface area contributed by atoms with Gasteiger partial charge in [0, 0.05) is 19.6 Å². The lowest BCUT2D eigenvalue weighted by Crippen LogP contribution is -2.50. The van der Waals surface area contributed by atoms with Crippen LogP contribution in [0.5, 0.6) is 0 Å². The zero-order chi connectivity index (χ0) is 22.7. The van der Waals surface area contributed by atoms with Crippen molar-refractivity contribution in [3.63, 3.8) is 0 Å². The highest BCUT2D eigenvalue weighted by atomic mass is 19.1. The number of benzene rings is 2. The molecule has 0 aliphatic carbocycles. The molecule has 2 aromatic carbocycles. The van der Waals surface area contributed by atoms with Crippen LogP contribution < -0.4 is 5.32 Å². The first-order chi connectivity index (χ1) is 15.4. The van der Waals surface area contributed by atoms with Gasteiger partial charge < -0.3 is 10.2 Å². The molecule has 1 N–H and O–H groups in total. The molecular formula is C26H32FN3O2. The molecular weight excluding hydrogens is 405 g/mol. The molecule has 170 valence electrons. The summed E-state index contributed by atoms with van der Waals surface area (Å²) in [6.45, 7) is 6.49. The maximum Gasteiger partial charge on any atom is 0.244 e. The van der Waals surface area contributed by atoms with E-state index in [9.17, 15) is 14.0 Å². The fourth-order valence-electron chi connectivity index (χ4n) is 4.79. The molecule has 5 nitrogen and oxygen atoms in total. The summed E-state index contributed by atoms with van der Waals surface area (Å²) in [5.74, 6) is 0.315. The number of hydrogen-bond acceptors (Lipinski definition) is 3. The first-order valence-corrected chi connectivity index (χ1v) is 11.6. The number of carbonyl (C=O) groups excluding carboxylic acids is 2. The second-order valence-corrected chi connectivity index (χ2v) is 9.17. The number of carbonyl (C=O) groups is 2. The van der Waals surface area contributed by atoms with E-state index in [2.05, 4.69) is 18.3 Å². The largest absolute Gasteiger partial charge is 0.348 e. The number of halogens is 1. The number of nitrogens with zero attached hydrogens (tertiary/aromatic N) is 2. The zero-order valence-electron chi connectivity index (χ0n) is 18.9. The number of amides is 2. The van der Waals surface area contributed by atoms with E-state index >= 15 is 0 Å². The highest BCUT2D eigenvalue weighted by Gasteiger charge is 2.37. The number of nitrogens with one attached hydrogen (secondary N) is 1. The first-order valence-electron chi connectivity index (χ1n) is 11.6. The van der Waals surface area contributed by atoms with Crippen LogP contribution in [0.2, 0.25) is 0 Å². The van der Waals surface area contributed by atoms with Gasteiger partial charge in [0.1, 0.15) is 11.9 Å². The summed E-state index contributed by atoms with van der Waals surface area (Å²) in [5, 5.41) is 3.00. The number of piperidine rings is 1. The van der Waals surface area contributed by atoms with Crippen molar-refractivity contribution in [1.82, 2.24) is 15.1 Å². The number of likely N-dealkylation sites (tertiary alicyclic amines) is 1. The van der Waals surface area contributed by atoms with E-state index in [0.29, 0.717) is 12.5 Å². The molecule has 0 saturated carbocycles. The van der Waals surface area contributed by atoms with Crippen molar-refractivity contribution in [2.45, 2.75) is 45.2 Å². The second-order valence-electron chi connectivity index (χ2n) is 9.17. The molecule has 0 bridgehead atoms. The predicted molar refractivity (Wildman–Crippen MR) is 122 cm³/mol. The zero-order valence-corrected chi connectivity index (χ0v) is 18.9. The third kappa shape index (κ3) is 5.01. The Morgan fingerprint density at radius 2 is 1.75 bits per heavy atom. The Morgan fingerprint density at radius 1 is 1.06 bits per heavy atom. The fraction of sp³-hybridized carbons (Fsp3) is 0.462. The Kier molecular flexibility index (Phi) is 6.89. The highest BCUT2D eigenvalue weighted by molar-refractivity contribution is 5.86. The van der Waals surface area contributed by atoms with Gasteiger partial charge in [-0.05, 0) is 60.9 Å². The van der Waals surface area contributed by atoms with E-state index in [1.165, 1.54) is 17.7 Å². The van der Waals surface area contributed by atoms with Gasteiger partial charge in [0.15, 0.2) is 0 Å². The van der Waals surface area contributed by atoms with Crippen LogP contribution in [0.3, 0.4) is 0 Å². The first kappa shape index (κ1) is 22.5. The van der Waals surface area contributed by atoms with Crippen molar-refractivity contribution in [2.75, 3.05) is 26.2 Å². The van der Waals surface area contributed by atoms with Crippen molar-refractivity contribution >= 4 is 11.8 Å². The lowest BCUT2D eigenvalue weighted by atomic mass is 9.90. The van der Waals surface area contributed by atoms with E-state index in [1.807, 2.05) is 34.9 Å². The van der Waals surface area contributed by atoms with Gasteiger partial charge in [-0.1, -0.05) is 43.3 Å². The summed E-state index contributed by atoms with van der Waals surface area (Å²) in [6, 6.07) is 13.6. The summed E-state index contributed by atoms with van der Waals surface area (Å²) in [5.41, 5.74) is 3.05. The SMILES string of the molecule is CC1CCN(C(=O)[C@H]2c3ccccc3CCN2CC(=O)N[C@@H](C)c2ccc(F)cc2)CC1. The topological polar surface area (TPSA) is 52.7 Å². The van der Waals surface area contributed by atoms with Crippen molar-refractivity contribution < 1.29 is 14.0 Å². The molecule has 4 rings (SSSR count). The third-order valence-corrected chi connectivity index (χ3v) is 6.81. The molecule has 0 aromatic heterocycles. The van der Waals surface area contributed by atoms with E-state index in [1.54, 1.807) is 12.1 Å². The molecule has 2 aliphatic rings. The molecule has 2 atom stereocenters. The Morgan fingerprint density at radius 3 is 2.47 bits per heavy atom. The molecule has 2 aliphatic heterocycles. The van der Waals surface area contributed by atoms with Crippen LogP contribution in [-0.2, 0) is 16.0 Å². The van der Waals surface area contributed by atoms with Gasteiger partial charge >= 0.3 is 0 Å². The van der Waals surface area contributed by atoms with E-state index in [0.717, 1.165) is 43.5 Å². The minimum absolute atomic E-state index is 0.100. The van der Waals surface area contributed by atoms with E-state index in [4.69, 9.17) is 0 Å². The molecule has 0 radical (unpaired) electrons. The van der Waals surface area contributed by atoms with Gasteiger partial charge in [0.25, 0.3) is 0 Å². The van der Waals surface area contributed by atoms with Crippen molar-refractivity contribution in [3.05, 3.63) is 71.0 Å². The number of rotatable bonds is 5. The maximum atomic E-state index is 13.6. The summed E-state index contributed by atoms with van der Waals surface area (Å²) in [4.78, 5) is 30.5. The van der Waals surface area contributed by atoms with Gasteiger partial charge in [0.05, 0.1) is 12.6 Å². The second kappa shape index (κ2) is 9.82. The summed E-state index contributed by atoms with van der Waals surface area (Å²) >= 11 is 0. The van der Waals surface area contributed by atoms with Gasteiger partial charge in [-0.2, -0.15) is 0 Å². The number of fused-ring (bicyclic) bond motifs is 1. The number of hydrogen-bond donors (Lipinski definition) is 1. The smallest absolute Gasteiger partial charge is 0.244 e. The van der Waals surface area contributed by atoms with Crippen molar-refractivity contribution in [2.24, 2.45) is 5.92 Å². The molecule has 0 spiro atoms. The normalized spacial score (nSPS) is 20.5. The standard InChI is InChI=1S/C26H32FN3O2/c1-18-11-14-29(15-12-18)26(32)25-23-6-4-3-5-21(23)13-16-30(25)17-24(31)28-19(2)20-7-9-22(27)10-8-20/h3-10,18-19,25H,11-17H2,1-2H3,(H,28,31)/t19-,25+/m0/s1. The summed E-state index contributed by atoms with van der Waals surface area (Å²) in [7, 11) is 0. The molecule has 2 aromatic rings. The van der Waals surface area contributed by atoms with Crippen LogP contribution in [0.25, 0.3) is 0 Å². The van der Waals surface area contributed by atoms with E-state index in [-0.39, 0.29) is 30.2 Å². The van der Waals surface area contributed by atoms with Crippen LogP contribution in [0.15, 0.2) is 48.5 Å². The van der Waals surface area contributed by atoms with Crippen molar-refractivity contribution in [3.8, 4) is 0 Å². The summed E-state index contributed by atoms with van der Waals surface area (Å²) < 4.78 is 13.2. The minimum Gasteiger partial charge on any atom is -0.348 e. The van der Waals surface area contributed by atoms with Crippen LogP contribution in [0.1, 0.15) is 55.5 Å². The average molecular weight is 438 g/mol. The monoisotopic (exact) mass is 437 g/mol. The molecule has 1 fully saturated rings. The van der Waals surface area contributed by atoms with Crippen LogP contribution in [-0.4, -0.2) is 47.8 Å². The quantitative estimate of drug-likeness (QED) is 0.773. The van der Waals surface area contributed by atoms with Crippen LogP contribution in [0, 0.1) is 11.7 Å². The Balaban J connectivity index is 1.49. The van der Waals surface area contributed by atoms with E-state index < -0.39 is 6.04 Å². The average Bonchev–Trinajstić information content (AvgIpc) is 2.79. The molecule has 2 amide bonds. The minimum atomic E-state index is -0.430. The molecule has 1 saturated heterocycles. The van der Waals surface area contributed by atoms with Crippen LogP contribution >= 0.6 is 0 Å². The molecule has 32 heavy (non-hydrogen) atoms. The van der Waals surface area contributed by atoms with Gasteiger partial charge in [0.2, 0.25) is 11.8 Å². The maximum absolute atomic E-state index is 13.6.